The molecule has 0 N–H and O–H groups in total. The number of fused-ring (bicyclic) bond motifs is 1. The number of nitrogens with zero attached hydrogens (tertiary/aromatic N) is 2. The van der Waals surface area contributed by atoms with Crippen molar-refractivity contribution in [1.29, 1.82) is 0 Å². The summed E-state index contributed by atoms with van der Waals surface area (Å²) in [6.07, 6.45) is 0. The molecular weight excluding hydrogens is 383 g/mol. The molecule has 2 saturated heterocycles. The Morgan fingerprint density at radius 2 is 1.82 bits per heavy atom. The maximum Gasteiger partial charge on any atom is 0.325 e. The van der Waals surface area contributed by atoms with Crippen LogP contribution < -0.4 is 9.64 Å². The van der Waals surface area contributed by atoms with E-state index in [2.05, 4.69) is 0 Å². The van der Waals surface area contributed by atoms with Gasteiger partial charge in [0.15, 0.2) is 9.84 Å². The number of ether oxygens (including phenoxy) is 1. The summed E-state index contributed by atoms with van der Waals surface area (Å²) in [6.45, 7) is 2.59. The zero-order valence-corrected chi connectivity index (χ0v) is 16.2. The summed E-state index contributed by atoms with van der Waals surface area (Å²) in [5.41, 5.74) is 1.26. The van der Waals surface area contributed by atoms with Gasteiger partial charge >= 0.3 is 6.03 Å². The average Bonchev–Trinajstić information content (AvgIpc) is 3.07. The van der Waals surface area contributed by atoms with Gasteiger partial charge in [-0.05, 0) is 48.9 Å². The first kappa shape index (κ1) is 18.7. The van der Waals surface area contributed by atoms with Crippen molar-refractivity contribution in [1.82, 2.24) is 4.90 Å². The predicted molar refractivity (Wildman–Crippen MR) is 104 cm³/mol. The predicted octanol–water partition coefficient (Wildman–Crippen LogP) is 2.83. The molecule has 0 aromatic heterocycles. The Hall–Kier alpha value is -2.61. The van der Waals surface area contributed by atoms with E-state index in [0.29, 0.717) is 23.6 Å². The van der Waals surface area contributed by atoms with Gasteiger partial charge in [0.2, 0.25) is 0 Å². The van der Waals surface area contributed by atoms with Crippen LogP contribution in [0.15, 0.2) is 48.5 Å². The molecule has 2 amide bonds. The first-order valence-corrected chi connectivity index (χ1v) is 11.0. The van der Waals surface area contributed by atoms with Crippen LogP contribution >= 0.6 is 0 Å². The Morgan fingerprint density at radius 1 is 1.11 bits per heavy atom. The number of hydrogen-bond donors (Lipinski definition) is 0. The largest absolute Gasteiger partial charge is 0.494 e. The Kier molecular flexibility index (Phi) is 4.74. The van der Waals surface area contributed by atoms with E-state index in [1.165, 1.54) is 12.1 Å². The number of amides is 2. The van der Waals surface area contributed by atoms with Crippen molar-refractivity contribution in [2.24, 2.45) is 0 Å². The summed E-state index contributed by atoms with van der Waals surface area (Å²) in [5.74, 6) is 0.149. The normalized spacial score (nSPS) is 23.1. The highest BCUT2D eigenvalue weighted by Crippen LogP contribution is 2.36. The van der Waals surface area contributed by atoms with Gasteiger partial charge in [0.05, 0.1) is 30.2 Å². The van der Waals surface area contributed by atoms with Gasteiger partial charge < -0.3 is 9.64 Å². The van der Waals surface area contributed by atoms with Crippen LogP contribution in [0.25, 0.3) is 0 Å². The number of halogens is 1. The molecule has 2 fully saturated rings. The minimum Gasteiger partial charge on any atom is -0.494 e. The molecule has 0 spiro atoms. The molecule has 2 heterocycles. The molecule has 148 valence electrons. The van der Waals surface area contributed by atoms with Crippen LogP contribution in [0, 0.1) is 5.82 Å². The van der Waals surface area contributed by atoms with Gasteiger partial charge in [-0.3, -0.25) is 4.90 Å². The maximum atomic E-state index is 13.6. The first-order chi connectivity index (χ1) is 13.4. The van der Waals surface area contributed by atoms with Crippen LogP contribution in [0.1, 0.15) is 12.5 Å². The van der Waals surface area contributed by atoms with Gasteiger partial charge in [-0.15, -0.1) is 0 Å². The first-order valence-electron chi connectivity index (χ1n) is 9.15. The lowest BCUT2D eigenvalue weighted by molar-refractivity contribution is 0.205. The van der Waals surface area contributed by atoms with Crippen LogP contribution in [0.4, 0.5) is 14.9 Å². The molecule has 0 unspecified atom stereocenters. The molecule has 0 saturated carbocycles. The fraction of sp³-hybridized carbons (Fsp3) is 0.350. The SMILES string of the molecule is CCOc1ccc(N2C(=O)N(Cc3cccc(F)c3)[C@@H]3CS(=O)(=O)C[C@H]32)cc1. The van der Waals surface area contributed by atoms with Gasteiger partial charge in [-0.25, -0.2) is 17.6 Å². The lowest BCUT2D eigenvalue weighted by Crippen LogP contribution is -2.37. The third-order valence-electron chi connectivity index (χ3n) is 5.15. The number of sulfone groups is 1. The van der Waals surface area contributed by atoms with E-state index >= 15 is 0 Å². The number of hydrogen-bond acceptors (Lipinski definition) is 4. The van der Waals surface area contributed by atoms with Gasteiger partial charge in [-0.1, -0.05) is 12.1 Å². The minimum absolute atomic E-state index is 0.0731. The van der Waals surface area contributed by atoms with E-state index in [1.54, 1.807) is 46.2 Å². The zero-order chi connectivity index (χ0) is 19.9. The molecule has 4 rings (SSSR count). The molecule has 8 heteroatoms. The second-order valence-electron chi connectivity index (χ2n) is 7.05. The fourth-order valence-electron chi connectivity index (χ4n) is 3.97. The Balaban J connectivity index is 1.66. The standard InChI is InChI=1S/C20H21FN2O4S/c1-2-27-17-8-6-16(7-9-17)23-19-13-28(25,26)12-18(19)22(20(23)24)11-14-4-3-5-15(21)10-14/h3-10,18-19H,2,11-13H2,1H3/t18-,19-/m1/s1. The van der Waals surface area contributed by atoms with Gasteiger partial charge in [0.25, 0.3) is 0 Å². The van der Waals surface area contributed by atoms with Crippen molar-refractivity contribution >= 4 is 21.6 Å². The molecule has 2 aromatic rings. The minimum atomic E-state index is -3.25. The van der Waals surface area contributed by atoms with E-state index in [0.717, 1.165) is 0 Å². The number of urea groups is 1. The van der Waals surface area contributed by atoms with Crippen molar-refractivity contribution in [3.63, 3.8) is 0 Å². The van der Waals surface area contributed by atoms with E-state index in [-0.39, 0.29) is 29.9 Å². The highest BCUT2D eigenvalue weighted by molar-refractivity contribution is 7.91. The summed E-state index contributed by atoms with van der Waals surface area (Å²) < 4.78 is 43.5. The van der Waals surface area contributed by atoms with Crippen LogP contribution in [0.5, 0.6) is 5.75 Å². The summed E-state index contributed by atoms with van der Waals surface area (Å²) in [4.78, 5) is 16.3. The molecule has 0 radical (unpaired) electrons. The van der Waals surface area contributed by atoms with E-state index in [9.17, 15) is 17.6 Å². The fourth-order valence-corrected chi connectivity index (χ4v) is 5.92. The van der Waals surface area contributed by atoms with Gasteiger partial charge in [-0.2, -0.15) is 0 Å². The molecule has 2 aliphatic rings. The van der Waals surface area contributed by atoms with Crippen LogP contribution in [0.3, 0.4) is 0 Å². The number of rotatable bonds is 5. The third kappa shape index (κ3) is 3.44. The third-order valence-corrected chi connectivity index (χ3v) is 6.84. The number of carbonyl (C=O) groups excluding carboxylic acids is 1. The molecular formula is C20H21FN2O4S. The van der Waals surface area contributed by atoms with Crippen molar-refractivity contribution in [2.75, 3.05) is 23.0 Å². The average molecular weight is 404 g/mol. The van der Waals surface area contributed by atoms with Crippen LogP contribution in [0.2, 0.25) is 0 Å². The molecule has 28 heavy (non-hydrogen) atoms. The highest BCUT2D eigenvalue weighted by Gasteiger charge is 2.53. The van der Waals surface area contributed by atoms with E-state index in [1.807, 2.05) is 6.92 Å². The van der Waals surface area contributed by atoms with Crippen molar-refractivity contribution in [3.8, 4) is 5.75 Å². The van der Waals surface area contributed by atoms with Crippen molar-refractivity contribution < 1.29 is 22.3 Å². The Bertz CT molecular complexity index is 994. The quantitative estimate of drug-likeness (QED) is 0.719. The second kappa shape index (κ2) is 7.09. The molecule has 0 bridgehead atoms. The molecule has 2 atom stereocenters. The summed E-state index contributed by atoms with van der Waals surface area (Å²) in [6, 6.07) is 11.9. The number of benzene rings is 2. The van der Waals surface area contributed by atoms with Crippen LogP contribution in [-0.4, -0.2) is 49.5 Å². The molecule has 0 aliphatic carbocycles. The monoisotopic (exact) mass is 404 g/mol. The second-order valence-corrected chi connectivity index (χ2v) is 9.20. The highest BCUT2D eigenvalue weighted by atomic mass is 32.2. The number of carbonyl (C=O) groups is 1. The smallest absolute Gasteiger partial charge is 0.325 e. The molecule has 2 aromatic carbocycles. The lowest BCUT2D eigenvalue weighted by atomic mass is 10.1. The van der Waals surface area contributed by atoms with Crippen molar-refractivity contribution in [2.45, 2.75) is 25.6 Å². The lowest BCUT2D eigenvalue weighted by Gasteiger charge is -2.23. The Labute approximate surface area is 163 Å². The van der Waals surface area contributed by atoms with Gasteiger partial charge in [0.1, 0.15) is 11.6 Å². The summed E-state index contributed by atoms with van der Waals surface area (Å²) in [7, 11) is -3.25. The van der Waals surface area contributed by atoms with E-state index < -0.39 is 21.9 Å². The van der Waals surface area contributed by atoms with Crippen molar-refractivity contribution in [3.05, 3.63) is 59.9 Å². The summed E-state index contributed by atoms with van der Waals surface area (Å²) in [5, 5.41) is 0. The Morgan fingerprint density at radius 3 is 2.50 bits per heavy atom. The van der Waals surface area contributed by atoms with Gasteiger partial charge in [0, 0.05) is 12.2 Å². The number of anilines is 1. The topological polar surface area (TPSA) is 66.9 Å². The maximum absolute atomic E-state index is 13.6. The molecule has 2 aliphatic heterocycles. The molecule has 6 nitrogen and oxygen atoms in total. The van der Waals surface area contributed by atoms with Crippen LogP contribution in [-0.2, 0) is 16.4 Å². The van der Waals surface area contributed by atoms with E-state index in [4.69, 9.17) is 4.74 Å². The summed E-state index contributed by atoms with van der Waals surface area (Å²) >= 11 is 0. The zero-order valence-electron chi connectivity index (χ0n) is 15.4.